The molecule has 0 unspecified atom stereocenters. The normalized spacial score (nSPS) is 14.6. The van der Waals surface area contributed by atoms with Crippen LogP contribution in [-0.2, 0) is 20.7 Å². The second-order valence-corrected chi connectivity index (χ2v) is 8.50. The molecule has 0 atom stereocenters. The number of nitrogens with one attached hydrogen (secondary N) is 1. The van der Waals surface area contributed by atoms with E-state index in [2.05, 4.69) is 34.6 Å². The molecule has 1 saturated heterocycles. The maximum Gasteiger partial charge on any atom is 0.411 e. The van der Waals surface area contributed by atoms with Crippen LogP contribution in [0.15, 0.2) is 66.9 Å². The second kappa shape index (κ2) is 8.97. The SMILES string of the molecule is O=C(Nc1ccc(CC(=O)N2CC(C(=O)O)C2)nc1)OCC1c2ccccc2-c2ccccc21. The molecule has 8 nitrogen and oxygen atoms in total. The number of aliphatic carboxylic acids is 1. The molecule has 2 heterocycles. The number of pyridine rings is 1. The van der Waals surface area contributed by atoms with E-state index in [4.69, 9.17) is 9.84 Å². The minimum absolute atomic E-state index is 0.0214. The van der Waals surface area contributed by atoms with Gasteiger partial charge < -0.3 is 14.7 Å². The third-order valence-electron chi connectivity index (χ3n) is 6.33. The van der Waals surface area contributed by atoms with Crippen LogP contribution in [0.3, 0.4) is 0 Å². The first-order valence-corrected chi connectivity index (χ1v) is 11.1. The number of carbonyl (C=O) groups is 3. The molecule has 8 heteroatoms. The predicted molar refractivity (Wildman–Crippen MR) is 124 cm³/mol. The molecule has 3 aromatic rings. The van der Waals surface area contributed by atoms with Gasteiger partial charge in [-0.3, -0.25) is 19.9 Å². The molecule has 0 saturated carbocycles. The standard InChI is InChI=1S/C26H23N3O5/c30-24(29-13-16(14-29)25(31)32)11-17-9-10-18(12-27-17)28-26(33)34-15-23-21-7-3-1-5-19(21)20-6-2-4-8-22(20)23/h1-10,12,16,23H,11,13-15H2,(H,28,33)(H,31,32). The molecule has 172 valence electrons. The van der Waals surface area contributed by atoms with Crippen LogP contribution in [-0.4, -0.2) is 52.7 Å². The Bertz CT molecular complexity index is 1210. The summed E-state index contributed by atoms with van der Waals surface area (Å²) in [5.41, 5.74) is 5.62. The van der Waals surface area contributed by atoms with E-state index >= 15 is 0 Å². The molecule has 5 rings (SSSR count). The Balaban J connectivity index is 1.15. The second-order valence-electron chi connectivity index (χ2n) is 8.50. The Morgan fingerprint density at radius 2 is 1.62 bits per heavy atom. The Morgan fingerprint density at radius 1 is 0.971 bits per heavy atom. The first-order valence-electron chi connectivity index (χ1n) is 11.1. The minimum atomic E-state index is -0.883. The van der Waals surface area contributed by atoms with Gasteiger partial charge in [-0.15, -0.1) is 0 Å². The summed E-state index contributed by atoms with van der Waals surface area (Å²) in [6, 6.07) is 19.6. The van der Waals surface area contributed by atoms with Gasteiger partial charge in [0.1, 0.15) is 6.61 Å². The fraction of sp³-hybridized carbons (Fsp3) is 0.231. The van der Waals surface area contributed by atoms with Crippen molar-refractivity contribution in [3.8, 4) is 11.1 Å². The van der Waals surface area contributed by atoms with Crippen LogP contribution in [0.4, 0.5) is 10.5 Å². The van der Waals surface area contributed by atoms with E-state index in [0.29, 0.717) is 11.4 Å². The lowest BCUT2D eigenvalue weighted by Gasteiger charge is -2.36. The van der Waals surface area contributed by atoms with E-state index in [0.717, 1.165) is 22.3 Å². The molecule has 1 aliphatic carbocycles. The van der Waals surface area contributed by atoms with Crippen LogP contribution in [0.5, 0.6) is 0 Å². The van der Waals surface area contributed by atoms with Crippen LogP contribution in [0, 0.1) is 5.92 Å². The lowest BCUT2D eigenvalue weighted by molar-refractivity contribution is -0.152. The average molecular weight is 457 g/mol. The largest absolute Gasteiger partial charge is 0.481 e. The molecular formula is C26H23N3O5. The van der Waals surface area contributed by atoms with Gasteiger partial charge in [0.15, 0.2) is 0 Å². The molecule has 1 fully saturated rings. The maximum atomic E-state index is 12.4. The number of aromatic nitrogens is 1. The van der Waals surface area contributed by atoms with Crippen LogP contribution >= 0.6 is 0 Å². The molecule has 0 spiro atoms. The quantitative estimate of drug-likeness (QED) is 0.586. The van der Waals surface area contributed by atoms with Crippen molar-refractivity contribution in [1.29, 1.82) is 0 Å². The number of nitrogens with zero attached hydrogens (tertiary/aromatic N) is 2. The average Bonchev–Trinajstić information content (AvgIpc) is 3.11. The van der Waals surface area contributed by atoms with Crippen molar-refractivity contribution >= 4 is 23.7 Å². The van der Waals surface area contributed by atoms with Crippen molar-refractivity contribution in [2.75, 3.05) is 25.0 Å². The Hall–Kier alpha value is -4.20. The Labute approximate surface area is 196 Å². The van der Waals surface area contributed by atoms with E-state index in [1.807, 2.05) is 24.3 Å². The zero-order chi connectivity index (χ0) is 23.7. The highest BCUT2D eigenvalue weighted by Gasteiger charge is 2.35. The van der Waals surface area contributed by atoms with Gasteiger partial charge in [-0.1, -0.05) is 48.5 Å². The van der Waals surface area contributed by atoms with Crippen molar-refractivity contribution < 1.29 is 24.2 Å². The number of likely N-dealkylation sites (tertiary alicyclic amines) is 1. The zero-order valence-electron chi connectivity index (χ0n) is 18.3. The number of carbonyl (C=O) groups excluding carboxylic acids is 2. The first kappa shape index (κ1) is 21.6. The minimum Gasteiger partial charge on any atom is -0.481 e. The molecule has 2 aromatic carbocycles. The van der Waals surface area contributed by atoms with E-state index in [1.54, 1.807) is 12.1 Å². The fourth-order valence-corrected chi connectivity index (χ4v) is 4.46. The van der Waals surface area contributed by atoms with Crippen molar-refractivity contribution in [2.45, 2.75) is 12.3 Å². The lowest BCUT2D eigenvalue weighted by atomic mass is 9.98. The Morgan fingerprint density at radius 3 is 2.21 bits per heavy atom. The smallest absolute Gasteiger partial charge is 0.411 e. The summed E-state index contributed by atoms with van der Waals surface area (Å²) in [6.45, 7) is 0.679. The van der Waals surface area contributed by atoms with E-state index in [9.17, 15) is 14.4 Å². The number of amides is 2. The zero-order valence-corrected chi connectivity index (χ0v) is 18.3. The number of carboxylic acids is 1. The summed E-state index contributed by atoms with van der Waals surface area (Å²) in [5.74, 6) is -1.55. The third kappa shape index (κ3) is 4.22. The van der Waals surface area contributed by atoms with Crippen molar-refractivity contribution in [2.24, 2.45) is 5.92 Å². The highest BCUT2D eigenvalue weighted by Crippen LogP contribution is 2.44. The number of hydrogen-bond acceptors (Lipinski definition) is 5. The number of rotatable bonds is 6. The van der Waals surface area contributed by atoms with E-state index in [1.165, 1.54) is 11.1 Å². The van der Waals surface area contributed by atoms with Crippen molar-refractivity contribution in [3.05, 3.63) is 83.7 Å². The highest BCUT2D eigenvalue weighted by molar-refractivity contribution is 5.85. The van der Waals surface area contributed by atoms with Gasteiger partial charge >= 0.3 is 12.1 Å². The van der Waals surface area contributed by atoms with Crippen LogP contribution in [0.2, 0.25) is 0 Å². The van der Waals surface area contributed by atoms with Crippen LogP contribution < -0.4 is 5.32 Å². The fourth-order valence-electron chi connectivity index (χ4n) is 4.46. The topological polar surface area (TPSA) is 109 Å². The van der Waals surface area contributed by atoms with Gasteiger partial charge in [-0.05, 0) is 34.4 Å². The van der Waals surface area contributed by atoms with Crippen molar-refractivity contribution in [1.82, 2.24) is 9.88 Å². The van der Waals surface area contributed by atoms with Gasteiger partial charge in [0.05, 0.1) is 24.2 Å². The number of ether oxygens (including phenoxy) is 1. The summed E-state index contributed by atoms with van der Waals surface area (Å²) in [4.78, 5) is 41.2. The van der Waals surface area contributed by atoms with Crippen LogP contribution in [0.1, 0.15) is 22.7 Å². The molecule has 1 aliphatic heterocycles. The molecule has 2 N–H and O–H groups in total. The highest BCUT2D eigenvalue weighted by atomic mass is 16.5. The number of fused-ring (bicyclic) bond motifs is 3. The van der Waals surface area contributed by atoms with Gasteiger partial charge in [0.25, 0.3) is 0 Å². The molecular weight excluding hydrogens is 434 g/mol. The summed E-state index contributed by atoms with van der Waals surface area (Å²) in [6.07, 6.45) is 0.977. The molecule has 34 heavy (non-hydrogen) atoms. The third-order valence-corrected chi connectivity index (χ3v) is 6.33. The van der Waals surface area contributed by atoms with E-state index < -0.39 is 18.0 Å². The predicted octanol–water partition coefficient (Wildman–Crippen LogP) is 3.53. The first-order chi connectivity index (χ1) is 16.5. The summed E-state index contributed by atoms with van der Waals surface area (Å²) in [7, 11) is 0. The van der Waals surface area contributed by atoms with Gasteiger partial charge in [0.2, 0.25) is 5.91 Å². The summed E-state index contributed by atoms with van der Waals surface area (Å²) >= 11 is 0. The monoisotopic (exact) mass is 457 g/mol. The molecule has 0 bridgehead atoms. The van der Waals surface area contributed by atoms with Gasteiger partial charge in [-0.25, -0.2) is 4.79 Å². The number of anilines is 1. The molecule has 2 aliphatic rings. The number of benzene rings is 2. The summed E-state index contributed by atoms with van der Waals surface area (Å²) in [5, 5.41) is 11.6. The Kier molecular flexibility index (Phi) is 5.71. The summed E-state index contributed by atoms with van der Waals surface area (Å²) < 4.78 is 5.53. The lowest BCUT2D eigenvalue weighted by Crippen LogP contribution is -2.53. The molecule has 1 aromatic heterocycles. The van der Waals surface area contributed by atoms with E-state index in [-0.39, 0.29) is 37.9 Å². The van der Waals surface area contributed by atoms with Gasteiger partial charge in [-0.2, -0.15) is 0 Å². The van der Waals surface area contributed by atoms with Gasteiger partial charge in [0, 0.05) is 24.7 Å². The van der Waals surface area contributed by atoms with Crippen molar-refractivity contribution in [3.63, 3.8) is 0 Å². The van der Waals surface area contributed by atoms with Crippen LogP contribution in [0.25, 0.3) is 11.1 Å². The molecule has 0 radical (unpaired) electrons. The number of hydrogen-bond donors (Lipinski definition) is 2. The maximum absolute atomic E-state index is 12.4. The number of carboxylic acid groups (broad SMARTS) is 1. The molecule has 2 amide bonds.